The second-order valence-corrected chi connectivity index (χ2v) is 5.92. The van der Waals surface area contributed by atoms with Crippen LogP contribution >= 0.6 is 23.7 Å². The monoisotopic (exact) mass is 339 g/mol. The van der Waals surface area contributed by atoms with Gasteiger partial charge in [0.05, 0.1) is 0 Å². The van der Waals surface area contributed by atoms with E-state index in [9.17, 15) is 4.79 Å². The summed E-state index contributed by atoms with van der Waals surface area (Å²) in [5.74, 6) is -0.111. The van der Waals surface area contributed by atoms with Crippen LogP contribution < -0.4 is 11.1 Å². The molecule has 0 aliphatic heterocycles. The lowest BCUT2D eigenvalue weighted by Crippen LogP contribution is -2.36. The molecule has 0 radical (unpaired) electrons. The van der Waals surface area contributed by atoms with Crippen molar-refractivity contribution in [2.24, 2.45) is 5.73 Å². The predicted molar refractivity (Wildman–Crippen MR) is 93.6 cm³/mol. The molecule has 1 aromatic heterocycles. The average Bonchev–Trinajstić information content (AvgIpc) is 2.97. The van der Waals surface area contributed by atoms with Gasteiger partial charge in [-0.25, -0.2) is 4.98 Å². The van der Waals surface area contributed by atoms with Crippen molar-refractivity contribution >= 4 is 29.7 Å². The van der Waals surface area contributed by atoms with Gasteiger partial charge in [-0.3, -0.25) is 4.79 Å². The van der Waals surface area contributed by atoms with Gasteiger partial charge in [0.2, 0.25) is 0 Å². The normalized spacial score (nSPS) is 11.5. The smallest absolute Gasteiger partial charge is 0.270 e. The number of hydrogen-bond donors (Lipinski definition) is 2. The fraction of sp³-hybridized carbons (Fsp3) is 0.375. The summed E-state index contributed by atoms with van der Waals surface area (Å²) in [5, 5.41) is 5.64. The van der Waals surface area contributed by atoms with Gasteiger partial charge in [0.25, 0.3) is 5.91 Å². The van der Waals surface area contributed by atoms with E-state index in [1.807, 2.05) is 18.2 Å². The Bertz CT molecular complexity index is 574. The number of carbonyl (C=O) groups excluding carboxylic acids is 1. The molecule has 1 heterocycles. The second-order valence-electron chi connectivity index (χ2n) is 4.98. The van der Waals surface area contributed by atoms with Gasteiger partial charge < -0.3 is 11.1 Å². The first kappa shape index (κ1) is 18.6. The van der Waals surface area contributed by atoms with Crippen LogP contribution in [0.4, 0.5) is 0 Å². The number of carbonyl (C=O) groups is 1. The van der Waals surface area contributed by atoms with E-state index in [2.05, 4.69) is 29.4 Å². The quantitative estimate of drug-likeness (QED) is 0.814. The molecule has 4 nitrogen and oxygen atoms in total. The van der Waals surface area contributed by atoms with Gasteiger partial charge in [-0.2, -0.15) is 0 Å². The van der Waals surface area contributed by atoms with Crippen LogP contribution in [0.25, 0.3) is 0 Å². The van der Waals surface area contributed by atoms with Gasteiger partial charge in [0.15, 0.2) is 0 Å². The maximum absolute atomic E-state index is 12.2. The Balaban J connectivity index is 0.00000242. The third-order valence-electron chi connectivity index (χ3n) is 3.26. The van der Waals surface area contributed by atoms with Crippen molar-refractivity contribution in [2.75, 3.05) is 0 Å². The Hall–Kier alpha value is -1.43. The summed E-state index contributed by atoms with van der Waals surface area (Å²) in [4.78, 5) is 16.5. The topological polar surface area (TPSA) is 68.0 Å². The maximum Gasteiger partial charge on any atom is 0.270 e. The number of thiazole rings is 1. The van der Waals surface area contributed by atoms with Gasteiger partial charge >= 0.3 is 0 Å². The first-order valence-corrected chi connectivity index (χ1v) is 8.10. The molecule has 1 unspecified atom stereocenters. The fourth-order valence-corrected chi connectivity index (χ4v) is 2.90. The van der Waals surface area contributed by atoms with E-state index in [1.165, 1.54) is 16.9 Å². The zero-order valence-corrected chi connectivity index (χ0v) is 14.3. The lowest BCUT2D eigenvalue weighted by atomic mass is 10.0. The summed E-state index contributed by atoms with van der Waals surface area (Å²) in [5.41, 5.74) is 7.23. The fourth-order valence-electron chi connectivity index (χ4n) is 2.24. The van der Waals surface area contributed by atoms with Gasteiger partial charge in [-0.05, 0) is 18.4 Å². The Morgan fingerprint density at radius 2 is 2.09 bits per heavy atom. The number of nitrogens with one attached hydrogen (secondary N) is 1. The standard InChI is InChI=1S/C16H21N3OS.ClH/c1-2-6-13(9-12-7-4-3-5-8-12)18-16(20)14-11-21-15(10-17)19-14;/h3-5,7-8,11,13H,2,6,9-10,17H2,1H3,(H,18,20);1H. The van der Waals surface area contributed by atoms with Crippen LogP contribution in [-0.2, 0) is 13.0 Å². The van der Waals surface area contributed by atoms with Crippen molar-refractivity contribution in [3.05, 3.63) is 52.0 Å². The highest BCUT2D eigenvalue weighted by Gasteiger charge is 2.16. The maximum atomic E-state index is 12.2. The lowest BCUT2D eigenvalue weighted by molar-refractivity contribution is 0.0930. The van der Waals surface area contributed by atoms with Gasteiger partial charge in [0.1, 0.15) is 10.7 Å². The molecule has 22 heavy (non-hydrogen) atoms. The molecule has 2 aromatic rings. The van der Waals surface area contributed by atoms with E-state index >= 15 is 0 Å². The first-order chi connectivity index (χ1) is 10.2. The Morgan fingerprint density at radius 3 is 2.68 bits per heavy atom. The highest BCUT2D eigenvalue weighted by molar-refractivity contribution is 7.09. The minimum absolute atomic E-state index is 0. The minimum Gasteiger partial charge on any atom is -0.348 e. The molecular formula is C16H22ClN3OS. The van der Waals surface area contributed by atoms with Crippen molar-refractivity contribution in [1.82, 2.24) is 10.3 Å². The van der Waals surface area contributed by atoms with Crippen LogP contribution in [0, 0.1) is 0 Å². The van der Waals surface area contributed by atoms with E-state index in [4.69, 9.17) is 5.73 Å². The number of amides is 1. The Labute approximate surface area is 141 Å². The Morgan fingerprint density at radius 1 is 1.36 bits per heavy atom. The van der Waals surface area contributed by atoms with Crippen molar-refractivity contribution < 1.29 is 4.79 Å². The molecule has 120 valence electrons. The molecule has 3 N–H and O–H groups in total. The van der Waals surface area contributed by atoms with Crippen molar-refractivity contribution in [2.45, 2.75) is 38.8 Å². The van der Waals surface area contributed by atoms with E-state index in [0.717, 1.165) is 24.3 Å². The number of hydrogen-bond acceptors (Lipinski definition) is 4. The summed E-state index contributed by atoms with van der Waals surface area (Å²) in [7, 11) is 0. The summed E-state index contributed by atoms with van der Waals surface area (Å²) >= 11 is 1.43. The van der Waals surface area contributed by atoms with Crippen LogP contribution in [0.15, 0.2) is 35.7 Å². The summed E-state index contributed by atoms with van der Waals surface area (Å²) in [6.45, 7) is 2.50. The molecule has 1 aromatic carbocycles. The summed E-state index contributed by atoms with van der Waals surface area (Å²) < 4.78 is 0. The zero-order valence-electron chi connectivity index (χ0n) is 12.6. The number of benzene rings is 1. The molecule has 0 spiro atoms. The molecule has 1 amide bonds. The molecule has 0 saturated carbocycles. The van der Waals surface area contributed by atoms with Crippen LogP contribution in [0.3, 0.4) is 0 Å². The number of aromatic nitrogens is 1. The van der Waals surface area contributed by atoms with Crippen LogP contribution in [0.5, 0.6) is 0 Å². The van der Waals surface area contributed by atoms with Gasteiger partial charge in [-0.15, -0.1) is 23.7 Å². The van der Waals surface area contributed by atoms with E-state index in [-0.39, 0.29) is 24.4 Å². The van der Waals surface area contributed by atoms with Crippen molar-refractivity contribution in [1.29, 1.82) is 0 Å². The van der Waals surface area contributed by atoms with Crippen LogP contribution in [0.2, 0.25) is 0 Å². The third kappa shape index (κ3) is 5.40. The third-order valence-corrected chi connectivity index (χ3v) is 4.13. The molecule has 0 fully saturated rings. The van der Waals surface area contributed by atoms with Gasteiger partial charge in [-0.1, -0.05) is 43.7 Å². The second kappa shape index (κ2) is 9.56. The molecule has 0 bridgehead atoms. The largest absolute Gasteiger partial charge is 0.348 e. The van der Waals surface area contributed by atoms with E-state index in [1.54, 1.807) is 5.38 Å². The SMILES string of the molecule is CCCC(Cc1ccccc1)NC(=O)c1csc(CN)n1.Cl. The molecule has 0 aliphatic carbocycles. The number of rotatable bonds is 7. The lowest BCUT2D eigenvalue weighted by Gasteiger charge is -2.17. The predicted octanol–water partition coefficient (Wildman–Crippen LogP) is 3.16. The molecular weight excluding hydrogens is 318 g/mol. The molecule has 2 rings (SSSR count). The average molecular weight is 340 g/mol. The number of nitrogens with zero attached hydrogens (tertiary/aromatic N) is 1. The van der Waals surface area contributed by atoms with Crippen LogP contribution in [-0.4, -0.2) is 16.9 Å². The number of halogens is 1. The number of nitrogens with two attached hydrogens (primary N) is 1. The minimum atomic E-state index is -0.111. The first-order valence-electron chi connectivity index (χ1n) is 7.22. The highest BCUT2D eigenvalue weighted by Crippen LogP contribution is 2.11. The Kier molecular flexibility index (Phi) is 8.09. The molecule has 6 heteroatoms. The van der Waals surface area contributed by atoms with E-state index < -0.39 is 0 Å². The van der Waals surface area contributed by atoms with E-state index in [0.29, 0.717) is 12.2 Å². The summed E-state index contributed by atoms with van der Waals surface area (Å²) in [6, 6.07) is 10.4. The highest BCUT2D eigenvalue weighted by atomic mass is 35.5. The van der Waals surface area contributed by atoms with Gasteiger partial charge in [0, 0.05) is 18.0 Å². The van der Waals surface area contributed by atoms with Crippen LogP contribution in [0.1, 0.15) is 40.8 Å². The molecule has 0 saturated heterocycles. The van der Waals surface area contributed by atoms with Crippen molar-refractivity contribution in [3.8, 4) is 0 Å². The van der Waals surface area contributed by atoms with Crippen molar-refractivity contribution in [3.63, 3.8) is 0 Å². The zero-order chi connectivity index (χ0) is 15.1. The molecule has 0 aliphatic rings. The molecule has 1 atom stereocenters. The summed E-state index contributed by atoms with van der Waals surface area (Å²) in [6.07, 6.45) is 2.83.